The third kappa shape index (κ3) is 5.90. The van der Waals surface area contributed by atoms with Gasteiger partial charge in [0.2, 0.25) is 5.91 Å². The number of amides is 3. The zero-order valence-corrected chi connectivity index (χ0v) is 19.1. The van der Waals surface area contributed by atoms with Crippen molar-refractivity contribution >= 4 is 40.6 Å². The third-order valence-corrected chi connectivity index (χ3v) is 5.91. The summed E-state index contributed by atoms with van der Waals surface area (Å²) in [4.78, 5) is 38.5. The number of anilines is 1. The summed E-state index contributed by atoms with van der Waals surface area (Å²) in [5, 5.41) is 2.20. The number of nitrogens with one attached hydrogen (secondary N) is 1. The van der Waals surface area contributed by atoms with Crippen LogP contribution in [0.15, 0.2) is 77.7 Å². The van der Waals surface area contributed by atoms with Crippen molar-refractivity contribution in [1.29, 1.82) is 0 Å². The Labute approximate surface area is 200 Å². The monoisotopic (exact) mass is 476 g/mol. The Bertz CT molecular complexity index is 1240. The van der Waals surface area contributed by atoms with E-state index < -0.39 is 17.1 Å². The third-order valence-electron chi connectivity index (χ3n) is 5.01. The topological polar surface area (TPSA) is 75.7 Å². The normalized spacial score (nSPS) is 14.5. The second-order valence-electron chi connectivity index (χ2n) is 7.67. The maximum Gasteiger partial charge on any atom is 0.294 e. The number of halogens is 1. The first-order valence-corrected chi connectivity index (χ1v) is 11.3. The van der Waals surface area contributed by atoms with Crippen molar-refractivity contribution in [3.8, 4) is 5.75 Å². The molecule has 1 heterocycles. The second kappa shape index (κ2) is 10.4. The van der Waals surface area contributed by atoms with Gasteiger partial charge in [-0.15, -0.1) is 0 Å². The van der Waals surface area contributed by atoms with Gasteiger partial charge in [-0.05, 0) is 72.3 Å². The number of aryl methyl sites for hydroxylation is 1. The van der Waals surface area contributed by atoms with Crippen LogP contribution in [-0.4, -0.2) is 28.5 Å². The van der Waals surface area contributed by atoms with Gasteiger partial charge in [-0.1, -0.05) is 42.0 Å². The molecule has 4 rings (SSSR count). The summed E-state index contributed by atoms with van der Waals surface area (Å²) in [5.41, 5.74) is 3.20. The van der Waals surface area contributed by atoms with Gasteiger partial charge in [-0.2, -0.15) is 0 Å². The molecule has 0 radical (unpaired) electrons. The number of ether oxygens (including phenoxy) is 1. The highest BCUT2D eigenvalue weighted by molar-refractivity contribution is 8.18. The van der Waals surface area contributed by atoms with Crippen LogP contribution in [0.25, 0.3) is 6.08 Å². The van der Waals surface area contributed by atoms with Crippen LogP contribution in [0, 0.1) is 12.7 Å². The standard InChI is InChI=1S/C26H21FN2O4S/c1-17-2-10-21(11-3-17)28-24(30)15-29-25(31)23(34-26(29)32)14-18-6-12-22(13-7-18)33-16-19-4-8-20(27)9-5-19/h2-14H,15-16H2,1H3,(H,28,30)/b23-14+. The van der Waals surface area contributed by atoms with Gasteiger partial charge in [0, 0.05) is 5.69 Å². The summed E-state index contributed by atoms with van der Waals surface area (Å²) in [6.45, 7) is 1.88. The maximum atomic E-state index is 13.0. The average molecular weight is 477 g/mol. The van der Waals surface area contributed by atoms with E-state index in [1.807, 2.05) is 19.1 Å². The molecule has 1 aliphatic rings. The van der Waals surface area contributed by atoms with Gasteiger partial charge in [0.1, 0.15) is 24.7 Å². The number of imide groups is 1. The van der Waals surface area contributed by atoms with Crippen LogP contribution < -0.4 is 10.1 Å². The fourth-order valence-electron chi connectivity index (χ4n) is 3.18. The van der Waals surface area contributed by atoms with Crippen molar-refractivity contribution < 1.29 is 23.5 Å². The summed E-state index contributed by atoms with van der Waals surface area (Å²) < 4.78 is 18.7. The average Bonchev–Trinajstić information content (AvgIpc) is 3.08. The molecule has 3 aromatic rings. The molecule has 0 aromatic heterocycles. The zero-order valence-electron chi connectivity index (χ0n) is 18.3. The van der Waals surface area contributed by atoms with E-state index in [9.17, 15) is 18.8 Å². The lowest BCUT2D eigenvalue weighted by atomic mass is 10.2. The first kappa shape index (κ1) is 23.3. The Morgan fingerprint density at radius 3 is 2.35 bits per heavy atom. The number of hydrogen-bond donors (Lipinski definition) is 1. The molecule has 0 bridgehead atoms. The van der Waals surface area contributed by atoms with Crippen LogP contribution in [0.2, 0.25) is 0 Å². The van der Waals surface area contributed by atoms with E-state index in [0.717, 1.165) is 27.8 Å². The first-order chi connectivity index (χ1) is 16.4. The molecular formula is C26H21FN2O4S. The number of carbonyl (C=O) groups excluding carboxylic acids is 3. The highest BCUT2D eigenvalue weighted by atomic mass is 32.2. The number of rotatable bonds is 7. The largest absolute Gasteiger partial charge is 0.489 e. The molecule has 3 amide bonds. The van der Waals surface area contributed by atoms with Gasteiger partial charge >= 0.3 is 0 Å². The summed E-state index contributed by atoms with van der Waals surface area (Å²) >= 11 is 0.796. The highest BCUT2D eigenvalue weighted by Crippen LogP contribution is 2.32. The Kier molecular flexibility index (Phi) is 7.08. The minimum absolute atomic E-state index is 0.244. The maximum absolute atomic E-state index is 13.0. The smallest absolute Gasteiger partial charge is 0.294 e. The van der Waals surface area contributed by atoms with E-state index in [0.29, 0.717) is 23.6 Å². The Hall–Kier alpha value is -3.91. The molecule has 1 aliphatic heterocycles. The molecule has 3 aromatic carbocycles. The molecule has 34 heavy (non-hydrogen) atoms. The summed E-state index contributed by atoms with van der Waals surface area (Å²) in [7, 11) is 0. The van der Waals surface area contributed by atoms with Crippen molar-refractivity contribution in [1.82, 2.24) is 4.90 Å². The summed E-state index contributed by atoms with van der Waals surface area (Å²) in [5.74, 6) is -0.646. The first-order valence-electron chi connectivity index (χ1n) is 10.5. The lowest BCUT2D eigenvalue weighted by Gasteiger charge is -2.12. The number of nitrogens with zero attached hydrogens (tertiary/aromatic N) is 1. The van der Waals surface area contributed by atoms with Gasteiger partial charge in [0.05, 0.1) is 4.91 Å². The Balaban J connectivity index is 1.35. The lowest BCUT2D eigenvalue weighted by Crippen LogP contribution is -2.36. The molecule has 0 saturated carbocycles. The molecule has 172 valence electrons. The molecule has 1 N–H and O–H groups in total. The van der Waals surface area contributed by atoms with Crippen LogP contribution in [0.1, 0.15) is 16.7 Å². The predicted molar refractivity (Wildman–Crippen MR) is 130 cm³/mol. The van der Waals surface area contributed by atoms with Gasteiger partial charge in [-0.3, -0.25) is 19.3 Å². The quantitative estimate of drug-likeness (QED) is 0.463. The van der Waals surface area contributed by atoms with Crippen molar-refractivity contribution in [2.24, 2.45) is 0 Å². The van der Waals surface area contributed by atoms with E-state index in [2.05, 4.69) is 5.32 Å². The predicted octanol–water partition coefficient (Wildman–Crippen LogP) is 5.39. The van der Waals surface area contributed by atoms with E-state index in [-0.39, 0.29) is 17.3 Å². The fraction of sp³-hybridized carbons (Fsp3) is 0.115. The number of thioether (sulfide) groups is 1. The van der Waals surface area contributed by atoms with Gasteiger partial charge < -0.3 is 10.1 Å². The van der Waals surface area contributed by atoms with Crippen LogP contribution in [0.5, 0.6) is 5.75 Å². The molecular weight excluding hydrogens is 455 g/mol. The Morgan fingerprint density at radius 2 is 1.68 bits per heavy atom. The SMILES string of the molecule is Cc1ccc(NC(=O)CN2C(=O)S/C(=C/c3ccc(OCc4ccc(F)cc4)cc3)C2=O)cc1. The number of benzene rings is 3. The summed E-state index contributed by atoms with van der Waals surface area (Å²) in [6, 6.07) is 20.3. The van der Waals surface area contributed by atoms with Gasteiger partial charge in [-0.25, -0.2) is 4.39 Å². The molecule has 6 nitrogen and oxygen atoms in total. The molecule has 0 atom stereocenters. The molecule has 1 saturated heterocycles. The van der Waals surface area contributed by atoms with Crippen LogP contribution >= 0.6 is 11.8 Å². The van der Waals surface area contributed by atoms with E-state index >= 15 is 0 Å². The molecule has 0 spiro atoms. The number of hydrogen-bond acceptors (Lipinski definition) is 5. The van der Waals surface area contributed by atoms with Crippen LogP contribution in [0.3, 0.4) is 0 Å². The molecule has 0 aliphatic carbocycles. The van der Waals surface area contributed by atoms with E-state index in [1.165, 1.54) is 12.1 Å². The van der Waals surface area contributed by atoms with Crippen LogP contribution in [0.4, 0.5) is 14.9 Å². The number of carbonyl (C=O) groups is 3. The second-order valence-corrected chi connectivity index (χ2v) is 8.66. The van der Waals surface area contributed by atoms with Gasteiger partial charge in [0.25, 0.3) is 11.1 Å². The molecule has 1 fully saturated rings. The van der Waals surface area contributed by atoms with Crippen LogP contribution in [-0.2, 0) is 16.2 Å². The van der Waals surface area contributed by atoms with E-state index in [4.69, 9.17) is 4.74 Å². The Morgan fingerprint density at radius 1 is 1.00 bits per heavy atom. The summed E-state index contributed by atoms with van der Waals surface area (Å²) in [6.07, 6.45) is 1.60. The van der Waals surface area contributed by atoms with Crippen molar-refractivity contribution in [2.75, 3.05) is 11.9 Å². The lowest BCUT2D eigenvalue weighted by molar-refractivity contribution is -0.127. The van der Waals surface area contributed by atoms with Crippen molar-refractivity contribution in [3.05, 3.63) is 100 Å². The highest BCUT2D eigenvalue weighted by Gasteiger charge is 2.36. The van der Waals surface area contributed by atoms with Crippen molar-refractivity contribution in [3.63, 3.8) is 0 Å². The fourth-order valence-corrected chi connectivity index (χ4v) is 4.01. The van der Waals surface area contributed by atoms with E-state index in [1.54, 1.807) is 54.6 Å². The van der Waals surface area contributed by atoms with Crippen molar-refractivity contribution in [2.45, 2.75) is 13.5 Å². The van der Waals surface area contributed by atoms with Gasteiger partial charge in [0.15, 0.2) is 0 Å². The minimum Gasteiger partial charge on any atom is -0.489 e. The zero-order chi connectivity index (χ0) is 24.1. The molecule has 8 heteroatoms. The minimum atomic E-state index is -0.509. The molecule has 0 unspecified atom stereocenters.